The second-order valence-electron chi connectivity index (χ2n) is 5.30. The van der Waals surface area contributed by atoms with Crippen molar-refractivity contribution in [3.63, 3.8) is 0 Å². The van der Waals surface area contributed by atoms with Crippen LogP contribution in [0.15, 0.2) is 24.3 Å². The number of carbonyl (C=O) groups is 1. The molecule has 2 unspecified atom stereocenters. The zero-order valence-corrected chi connectivity index (χ0v) is 11.6. The summed E-state index contributed by atoms with van der Waals surface area (Å²) in [7, 11) is 1.79. The third-order valence-electron chi connectivity index (χ3n) is 4.04. The Morgan fingerprint density at radius 3 is 2.84 bits per heavy atom. The monoisotopic (exact) mass is 262 g/mol. The van der Waals surface area contributed by atoms with Gasteiger partial charge in [0.25, 0.3) is 0 Å². The van der Waals surface area contributed by atoms with E-state index in [9.17, 15) is 4.79 Å². The van der Waals surface area contributed by atoms with E-state index in [0.717, 1.165) is 30.6 Å². The lowest BCUT2D eigenvalue weighted by Crippen LogP contribution is -2.58. The standard InChI is InChI=1S/C15H22N2O2/c1-11-6-3-4-8-13(11)19-12-7-5-9-15(10-12,17-2)14(16)18/h3-4,6,8,12,17H,5,7,9-10H2,1-2H3,(H2,16,18). The van der Waals surface area contributed by atoms with Crippen LogP contribution in [-0.4, -0.2) is 24.6 Å². The molecule has 1 aliphatic carbocycles. The Morgan fingerprint density at radius 1 is 1.47 bits per heavy atom. The van der Waals surface area contributed by atoms with Gasteiger partial charge in [0.2, 0.25) is 5.91 Å². The number of carbonyl (C=O) groups excluding carboxylic acids is 1. The van der Waals surface area contributed by atoms with Gasteiger partial charge in [-0.2, -0.15) is 0 Å². The normalized spacial score (nSPS) is 26.9. The SMILES string of the molecule is CNC1(C(N)=O)CCCC(Oc2ccccc2C)C1. The summed E-state index contributed by atoms with van der Waals surface area (Å²) in [4.78, 5) is 11.7. The smallest absolute Gasteiger partial charge is 0.237 e. The molecule has 19 heavy (non-hydrogen) atoms. The Balaban J connectivity index is 2.10. The van der Waals surface area contributed by atoms with E-state index in [1.807, 2.05) is 31.2 Å². The molecule has 1 saturated carbocycles. The molecule has 0 aliphatic heterocycles. The van der Waals surface area contributed by atoms with Crippen molar-refractivity contribution in [3.8, 4) is 5.75 Å². The van der Waals surface area contributed by atoms with Crippen LogP contribution in [0.2, 0.25) is 0 Å². The summed E-state index contributed by atoms with van der Waals surface area (Å²) in [6.45, 7) is 2.03. The van der Waals surface area contributed by atoms with Gasteiger partial charge in [-0.1, -0.05) is 18.2 Å². The number of hydrogen-bond donors (Lipinski definition) is 2. The number of ether oxygens (including phenoxy) is 1. The number of amides is 1. The fourth-order valence-corrected chi connectivity index (χ4v) is 2.77. The molecule has 0 saturated heterocycles. The second-order valence-corrected chi connectivity index (χ2v) is 5.30. The molecule has 2 atom stereocenters. The van der Waals surface area contributed by atoms with Crippen molar-refractivity contribution in [1.82, 2.24) is 5.32 Å². The number of hydrogen-bond acceptors (Lipinski definition) is 3. The van der Waals surface area contributed by atoms with Crippen LogP contribution in [0.1, 0.15) is 31.2 Å². The number of aryl methyl sites for hydroxylation is 1. The zero-order valence-electron chi connectivity index (χ0n) is 11.6. The Hall–Kier alpha value is -1.55. The quantitative estimate of drug-likeness (QED) is 0.869. The highest BCUT2D eigenvalue weighted by molar-refractivity contribution is 5.84. The van der Waals surface area contributed by atoms with Crippen molar-refractivity contribution in [2.24, 2.45) is 5.73 Å². The van der Waals surface area contributed by atoms with Crippen LogP contribution >= 0.6 is 0 Å². The summed E-state index contributed by atoms with van der Waals surface area (Å²) in [5.41, 5.74) is 6.03. The molecule has 1 aliphatic rings. The lowest BCUT2D eigenvalue weighted by atomic mass is 9.79. The summed E-state index contributed by atoms with van der Waals surface area (Å²) in [5, 5.41) is 3.09. The molecular formula is C15H22N2O2. The van der Waals surface area contributed by atoms with Crippen molar-refractivity contribution < 1.29 is 9.53 Å². The molecular weight excluding hydrogens is 240 g/mol. The zero-order chi connectivity index (χ0) is 13.9. The van der Waals surface area contributed by atoms with Gasteiger partial charge < -0.3 is 15.8 Å². The number of benzene rings is 1. The van der Waals surface area contributed by atoms with Gasteiger partial charge in [0.1, 0.15) is 17.4 Å². The summed E-state index contributed by atoms with van der Waals surface area (Å²) in [6.07, 6.45) is 3.36. The lowest BCUT2D eigenvalue weighted by Gasteiger charge is -2.38. The maximum Gasteiger partial charge on any atom is 0.237 e. The van der Waals surface area contributed by atoms with Gasteiger partial charge in [-0.05, 0) is 44.9 Å². The average Bonchev–Trinajstić information content (AvgIpc) is 2.41. The average molecular weight is 262 g/mol. The van der Waals surface area contributed by atoms with Gasteiger partial charge in [0.15, 0.2) is 0 Å². The van der Waals surface area contributed by atoms with Crippen molar-refractivity contribution in [3.05, 3.63) is 29.8 Å². The Labute approximate surface area is 114 Å². The first-order valence-electron chi connectivity index (χ1n) is 6.78. The molecule has 3 N–H and O–H groups in total. The molecule has 2 rings (SSSR count). The van der Waals surface area contributed by atoms with Crippen molar-refractivity contribution in [2.75, 3.05) is 7.05 Å². The lowest BCUT2D eigenvalue weighted by molar-refractivity contribution is -0.126. The fraction of sp³-hybridized carbons (Fsp3) is 0.533. The number of para-hydroxylation sites is 1. The topological polar surface area (TPSA) is 64.3 Å². The predicted octanol–water partition coefficient (Wildman–Crippen LogP) is 1.76. The minimum atomic E-state index is -0.619. The molecule has 1 aromatic rings. The van der Waals surface area contributed by atoms with Gasteiger partial charge in [0.05, 0.1) is 0 Å². The van der Waals surface area contributed by atoms with Crippen LogP contribution in [0.25, 0.3) is 0 Å². The van der Waals surface area contributed by atoms with E-state index in [4.69, 9.17) is 10.5 Å². The van der Waals surface area contributed by atoms with Crippen LogP contribution < -0.4 is 15.8 Å². The molecule has 0 radical (unpaired) electrons. The Kier molecular flexibility index (Phi) is 4.10. The molecule has 0 heterocycles. The highest BCUT2D eigenvalue weighted by Gasteiger charge is 2.41. The van der Waals surface area contributed by atoms with E-state index < -0.39 is 5.54 Å². The first-order chi connectivity index (χ1) is 9.07. The molecule has 0 aromatic heterocycles. The molecule has 4 nitrogen and oxygen atoms in total. The van der Waals surface area contributed by atoms with Crippen LogP contribution in [0.5, 0.6) is 5.75 Å². The summed E-state index contributed by atoms with van der Waals surface area (Å²) in [5.74, 6) is 0.608. The number of nitrogens with two attached hydrogens (primary N) is 1. The minimum Gasteiger partial charge on any atom is -0.490 e. The van der Waals surface area contributed by atoms with Crippen molar-refractivity contribution in [2.45, 2.75) is 44.2 Å². The first-order valence-corrected chi connectivity index (χ1v) is 6.78. The van der Waals surface area contributed by atoms with Crippen LogP contribution in [0.4, 0.5) is 0 Å². The van der Waals surface area contributed by atoms with E-state index in [1.165, 1.54) is 0 Å². The van der Waals surface area contributed by atoms with E-state index in [0.29, 0.717) is 6.42 Å². The van der Waals surface area contributed by atoms with E-state index in [-0.39, 0.29) is 12.0 Å². The van der Waals surface area contributed by atoms with Gasteiger partial charge in [-0.25, -0.2) is 0 Å². The van der Waals surface area contributed by atoms with Crippen molar-refractivity contribution in [1.29, 1.82) is 0 Å². The molecule has 0 bridgehead atoms. The Bertz CT molecular complexity index is 461. The number of primary amides is 1. The van der Waals surface area contributed by atoms with Gasteiger partial charge in [-0.3, -0.25) is 4.79 Å². The summed E-state index contributed by atoms with van der Waals surface area (Å²) in [6, 6.07) is 7.95. The van der Waals surface area contributed by atoms with Crippen molar-refractivity contribution >= 4 is 5.91 Å². The Morgan fingerprint density at radius 2 is 2.21 bits per heavy atom. The largest absolute Gasteiger partial charge is 0.490 e. The fourth-order valence-electron chi connectivity index (χ4n) is 2.77. The van der Waals surface area contributed by atoms with E-state index >= 15 is 0 Å². The van der Waals surface area contributed by atoms with Gasteiger partial charge >= 0.3 is 0 Å². The third kappa shape index (κ3) is 2.89. The second kappa shape index (κ2) is 5.61. The summed E-state index contributed by atoms with van der Waals surface area (Å²) < 4.78 is 6.05. The van der Waals surface area contributed by atoms with Crippen LogP contribution in [-0.2, 0) is 4.79 Å². The molecule has 1 aromatic carbocycles. The van der Waals surface area contributed by atoms with E-state index in [2.05, 4.69) is 5.32 Å². The number of nitrogens with one attached hydrogen (secondary N) is 1. The van der Waals surface area contributed by atoms with Gasteiger partial charge in [0, 0.05) is 6.42 Å². The maximum absolute atomic E-state index is 11.7. The van der Waals surface area contributed by atoms with Crippen LogP contribution in [0.3, 0.4) is 0 Å². The maximum atomic E-state index is 11.7. The molecule has 1 fully saturated rings. The van der Waals surface area contributed by atoms with Crippen LogP contribution in [0, 0.1) is 6.92 Å². The summed E-state index contributed by atoms with van der Waals surface area (Å²) >= 11 is 0. The highest BCUT2D eigenvalue weighted by atomic mass is 16.5. The number of rotatable bonds is 4. The first kappa shape index (κ1) is 13.9. The molecule has 104 valence electrons. The number of likely N-dealkylation sites (N-methyl/N-ethyl adjacent to an activating group) is 1. The third-order valence-corrected chi connectivity index (χ3v) is 4.04. The van der Waals surface area contributed by atoms with Gasteiger partial charge in [-0.15, -0.1) is 0 Å². The van der Waals surface area contributed by atoms with E-state index in [1.54, 1.807) is 7.05 Å². The predicted molar refractivity (Wildman–Crippen MR) is 75.0 cm³/mol. The highest BCUT2D eigenvalue weighted by Crippen LogP contribution is 2.31. The molecule has 4 heteroatoms. The minimum absolute atomic E-state index is 0.0369. The molecule has 1 amide bonds. The molecule has 0 spiro atoms.